The minimum absolute atomic E-state index is 0.0825. The van der Waals surface area contributed by atoms with Crippen LogP contribution in [0.4, 0.5) is 8.78 Å². The molecule has 0 aromatic heterocycles. The predicted molar refractivity (Wildman–Crippen MR) is 66.3 cm³/mol. The SMILES string of the molecule is CCOC(=O)C(F)(F)c1ccc(OCCBr)cc1. The van der Waals surface area contributed by atoms with E-state index in [4.69, 9.17) is 4.74 Å². The summed E-state index contributed by atoms with van der Waals surface area (Å²) >= 11 is 3.18. The predicted octanol–water partition coefficient (Wildman–Crippen LogP) is 3.12. The highest BCUT2D eigenvalue weighted by atomic mass is 79.9. The molecule has 6 heteroatoms. The van der Waals surface area contributed by atoms with Crippen LogP contribution in [-0.2, 0) is 15.5 Å². The van der Waals surface area contributed by atoms with Crippen molar-refractivity contribution in [1.82, 2.24) is 0 Å². The third kappa shape index (κ3) is 3.66. The zero-order valence-corrected chi connectivity index (χ0v) is 11.4. The number of halogens is 3. The third-order valence-electron chi connectivity index (χ3n) is 2.09. The lowest BCUT2D eigenvalue weighted by Crippen LogP contribution is -2.28. The van der Waals surface area contributed by atoms with E-state index < -0.39 is 17.5 Å². The largest absolute Gasteiger partial charge is 0.493 e. The summed E-state index contributed by atoms with van der Waals surface area (Å²) in [7, 11) is 0. The number of benzene rings is 1. The number of alkyl halides is 3. The Morgan fingerprint density at radius 3 is 2.44 bits per heavy atom. The van der Waals surface area contributed by atoms with Crippen molar-refractivity contribution in [2.75, 3.05) is 18.5 Å². The Labute approximate surface area is 112 Å². The number of ether oxygens (including phenoxy) is 2. The minimum Gasteiger partial charge on any atom is -0.493 e. The van der Waals surface area contributed by atoms with Gasteiger partial charge in [0.2, 0.25) is 0 Å². The van der Waals surface area contributed by atoms with Crippen molar-refractivity contribution in [3.63, 3.8) is 0 Å². The van der Waals surface area contributed by atoms with Crippen LogP contribution in [0.15, 0.2) is 24.3 Å². The Morgan fingerprint density at radius 2 is 1.94 bits per heavy atom. The van der Waals surface area contributed by atoms with Crippen molar-refractivity contribution in [3.8, 4) is 5.75 Å². The third-order valence-corrected chi connectivity index (χ3v) is 2.42. The molecule has 0 saturated heterocycles. The van der Waals surface area contributed by atoms with Crippen molar-refractivity contribution in [2.24, 2.45) is 0 Å². The topological polar surface area (TPSA) is 35.5 Å². The van der Waals surface area contributed by atoms with E-state index in [1.54, 1.807) is 0 Å². The van der Waals surface area contributed by atoms with Gasteiger partial charge >= 0.3 is 11.9 Å². The molecule has 18 heavy (non-hydrogen) atoms. The van der Waals surface area contributed by atoms with Gasteiger partial charge in [-0.25, -0.2) is 4.79 Å². The molecule has 0 unspecified atom stereocenters. The highest BCUT2D eigenvalue weighted by molar-refractivity contribution is 9.09. The lowest BCUT2D eigenvalue weighted by atomic mass is 10.1. The number of carbonyl (C=O) groups is 1. The molecule has 0 aliphatic rings. The van der Waals surface area contributed by atoms with Crippen molar-refractivity contribution in [3.05, 3.63) is 29.8 Å². The highest BCUT2D eigenvalue weighted by Crippen LogP contribution is 2.30. The summed E-state index contributed by atoms with van der Waals surface area (Å²) in [6.07, 6.45) is 0. The molecule has 0 saturated carbocycles. The van der Waals surface area contributed by atoms with Gasteiger partial charge in [0.25, 0.3) is 0 Å². The Morgan fingerprint density at radius 1 is 1.33 bits per heavy atom. The molecule has 0 fully saturated rings. The summed E-state index contributed by atoms with van der Waals surface area (Å²) in [6.45, 7) is 1.83. The summed E-state index contributed by atoms with van der Waals surface area (Å²) in [5.41, 5.74) is -0.410. The number of hydrogen-bond donors (Lipinski definition) is 0. The average Bonchev–Trinajstić information content (AvgIpc) is 2.37. The molecule has 1 aromatic rings. The second kappa shape index (κ2) is 6.68. The zero-order valence-electron chi connectivity index (χ0n) is 9.79. The van der Waals surface area contributed by atoms with Gasteiger partial charge in [0.1, 0.15) is 5.75 Å². The van der Waals surface area contributed by atoms with Crippen LogP contribution in [0.5, 0.6) is 5.75 Å². The Hall–Kier alpha value is -1.17. The normalized spacial score (nSPS) is 11.1. The molecule has 0 aliphatic carbocycles. The first-order valence-corrected chi connectivity index (χ1v) is 6.48. The fourth-order valence-corrected chi connectivity index (χ4v) is 1.42. The summed E-state index contributed by atoms with van der Waals surface area (Å²) in [5.74, 6) is -4.71. The van der Waals surface area contributed by atoms with Gasteiger partial charge < -0.3 is 9.47 Å². The molecule has 0 atom stereocenters. The van der Waals surface area contributed by atoms with E-state index in [-0.39, 0.29) is 6.61 Å². The monoisotopic (exact) mass is 322 g/mol. The number of rotatable bonds is 6. The Balaban J connectivity index is 2.80. The first kappa shape index (κ1) is 14.9. The van der Waals surface area contributed by atoms with E-state index in [1.807, 2.05) is 0 Å². The van der Waals surface area contributed by atoms with E-state index in [1.165, 1.54) is 19.1 Å². The van der Waals surface area contributed by atoms with Crippen LogP contribution in [0.2, 0.25) is 0 Å². The van der Waals surface area contributed by atoms with E-state index >= 15 is 0 Å². The van der Waals surface area contributed by atoms with Crippen molar-refractivity contribution in [1.29, 1.82) is 0 Å². The van der Waals surface area contributed by atoms with Gasteiger partial charge in [0, 0.05) is 10.9 Å². The lowest BCUT2D eigenvalue weighted by molar-refractivity contribution is -0.173. The van der Waals surface area contributed by atoms with E-state index in [9.17, 15) is 13.6 Å². The van der Waals surface area contributed by atoms with E-state index in [0.717, 1.165) is 12.1 Å². The molecule has 0 heterocycles. The van der Waals surface area contributed by atoms with Crippen LogP contribution in [-0.4, -0.2) is 24.5 Å². The summed E-state index contributed by atoms with van der Waals surface area (Å²) < 4.78 is 36.7. The molecule has 1 rings (SSSR count). The number of esters is 1. The molecule has 1 aromatic carbocycles. The number of carbonyl (C=O) groups excluding carboxylic acids is 1. The highest BCUT2D eigenvalue weighted by Gasteiger charge is 2.42. The van der Waals surface area contributed by atoms with E-state index in [0.29, 0.717) is 17.7 Å². The molecule has 0 aliphatic heterocycles. The summed E-state index contributed by atoms with van der Waals surface area (Å²) in [5, 5.41) is 0.647. The van der Waals surface area contributed by atoms with Crippen LogP contribution in [0.3, 0.4) is 0 Å². The van der Waals surface area contributed by atoms with Crippen LogP contribution in [0.1, 0.15) is 12.5 Å². The van der Waals surface area contributed by atoms with Gasteiger partial charge in [-0.2, -0.15) is 8.78 Å². The summed E-state index contributed by atoms with van der Waals surface area (Å²) in [6, 6.07) is 5.09. The van der Waals surface area contributed by atoms with Gasteiger partial charge in [0.05, 0.1) is 13.2 Å². The first-order chi connectivity index (χ1) is 8.52. The molecule has 100 valence electrons. The maximum atomic E-state index is 13.6. The fourth-order valence-electron chi connectivity index (χ4n) is 1.26. The van der Waals surface area contributed by atoms with Gasteiger partial charge in [-0.05, 0) is 31.2 Å². The molecule has 0 radical (unpaired) electrons. The molecule has 3 nitrogen and oxygen atoms in total. The Bertz CT molecular complexity index is 393. The number of hydrogen-bond acceptors (Lipinski definition) is 3. The van der Waals surface area contributed by atoms with E-state index in [2.05, 4.69) is 20.7 Å². The van der Waals surface area contributed by atoms with Crippen LogP contribution < -0.4 is 4.74 Å². The lowest BCUT2D eigenvalue weighted by Gasteiger charge is -2.15. The van der Waals surface area contributed by atoms with Crippen LogP contribution in [0, 0.1) is 0 Å². The van der Waals surface area contributed by atoms with Crippen LogP contribution >= 0.6 is 15.9 Å². The second-order valence-corrected chi connectivity index (χ2v) is 4.15. The van der Waals surface area contributed by atoms with Gasteiger partial charge in [-0.15, -0.1) is 0 Å². The molecule has 0 spiro atoms. The maximum absolute atomic E-state index is 13.6. The molecule has 0 N–H and O–H groups in total. The quantitative estimate of drug-likeness (QED) is 0.596. The fraction of sp³-hybridized carbons (Fsp3) is 0.417. The molecular formula is C12H13BrF2O3. The Kier molecular flexibility index (Phi) is 5.53. The van der Waals surface area contributed by atoms with Gasteiger partial charge in [0.15, 0.2) is 0 Å². The first-order valence-electron chi connectivity index (χ1n) is 5.36. The minimum atomic E-state index is -3.63. The zero-order chi connectivity index (χ0) is 13.6. The molecule has 0 amide bonds. The van der Waals surface area contributed by atoms with Crippen molar-refractivity contribution >= 4 is 21.9 Å². The van der Waals surface area contributed by atoms with Gasteiger partial charge in [-0.1, -0.05) is 15.9 Å². The van der Waals surface area contributed by atoms with Crippen LogP contribution in [0.25, 0.3) is 0 Å². The van der Waals surface area contributed by atoms with Crippen molar-refractivity contribution < 1.29 is 23.0 Å². The smallest absolute Gasteiger partial charge is 0.381 e. The standard InChI is InChI=1S/C12H13BrF2O3/c1-2-17-11(16)12(14,15)9-3-5-10(6-4-9)18-8-7-13/h3-6H,2,7-8H2,1H3. The van der Waals surface area contributed by atoms with Crippen molar-refractivity contribution in [2.45, 2.75) is 12.8 Å². The maximum Gasteiger partial charge on any atom is 0.381 e. The second-order valence-electron chi connectivity index (χ2n) is 3.36. The van der Waals surface area contributed by atoms with Gasteiger partial charge in [-0.3, -0.25) is 0 Å². The molecular weight excluding hydrogens is 310 g/mol. The molecule has 0 bridgehead atoms. The summed E-state index contributed by atoms with van der Waals surface area (Å²) in [4.78, 5) is 11.1. The average molecular weight is 323 g/mol.